The SMILES string of the molecule is [N-]=[N+]=NCCC=Cc1ncc(C(F)(F)F)cc1Cl. The largest absolute Gasteiger partial charge is 0.417 e. The normalized spacial score (nSPS) is 11.6. The molecule has 1 heterocycles. The molecule has 0 aliphatic heterocycles. The molecule has 18 heavy (non-hydrogen) atoms. The summed E-state index contributed by atoms with van der Waals surface area (Å²) in [7, 11) is 0. The van der Waals surface area contributed by atoms with Gasteiger partial charge in [-0.1, -0.05) is 22.8 Å². The number of halogens is 4. The van der Waals surface area contributed by atoms with Crippen molar-refractivity contribution in [2.45, 2.75) is 12.6 Å². The first-order valence-corrected chi connectivity index (χ1v) is 5.23. The molecule has 8 heteroatoms. The molecule has 1 rings (SSSR count). The van der Waals surface area contributed by atoms with Crippen molar-refractivity contribution in [2.24, 2.45) is 5.11 Å². The highest BCUT2D eigenvalue weighted by Gasteiger charge is 2.31. The average Bonchev–Trinajstić information content (AvgIpc) is 2.29. The van der Waals surface area contributed by atoms with Gasteiger partial charge >= 0.3 is 6.18 Å². The Morgan fingerprint density at radius 1 is 1.50 bits per heavy atom. The Hall–Kier alpha value is -1.72. The van der Waals surface area contributed by atoms with E-state index in [0.29, 0.717) is 6.42 Å². The number of hydrogen-bond donors (Lipinski definition) is 0. The fourth-order valence-corrected chi connectivity index (χ4v) is 1.33. The number of aromatic nitrogens is 1. The molecule has 0 bridgehead atoms. The Labute approximate surface area is 106 Å². The van der Waals surface area contributed by atoms with Crippen LogP contribution in [0.15, 0.2) is 23.5 Å². The van der Waals surface area contributed by atoms with Gasteiger partial charge in [0.2, 0.25) is 0 Å². The number of alkyl halides is 3. The maximum atomic E-state index is 12.3. The van der Waals surface area contributed by atoms with Crippen LogP contribution in [0.3, 0.4) is 0 Å². The standard InChI is InChI=1S/C10H8ClF3N4/c11-8-5-7(10(12,13)14)6-16-9(8)3-1-2-4-17-18-15/h1,3,5-6H,2,4H2. The molecule has 0 aliphatic rings. The van der Waals surface area contributed by atoms with Gasteiger partial charge in [0.25, 0.3) is 0 Å². The highest BCUT2D eigenvalue weighted by atomic mass is 35.5. The van der Waals surface area contributed by atoms with Crippen LogP contribution in [0.4, 0.5) is 13.2 Å². The minimum absolute atomic E-state index is 0.0788. The zero-order chi connectivity index (χ0) is 13.6. The van der Waals surface area contributed by atoms with Crippen molar-refractivity contribution in [1.29, 1.82) is 0 Å². The van der Waals surface area contributed by atoms with Crippen LogP contribution in [0.25, 0.3) is 16.5 Å². The van der Waals surface area contributed by atoms with Gasteiger partial charge in [0, 0.05) is 17.7 Å². The van der Waals surface area contributed by atoms with Gasteiger partial charge in [0.1, 0.15) is 0 Å². The zero-order valence-electron chi connectivity index (χ0n) is 9.02. The van der Waals surface area contributed by atoms with Crippen LogP contribution >= 0.6 is 11.6 Å². The summed E-state index contributed by atoms with van der Waals surface area (Å²) in [5, 5.41) is 3.22. The van der Waals surface area contributed by atoms with Crippen LogP contribution in [0.5, 0.6) is 0 Å². The summed E-state index contributed by atoms with van der Waals surface area (Å²) >= 11 is 5.68. The fraction of sp³-hybridized carbons (Fsp3) is 0.300. The molecule has 0 aliphatic carbocycles. The van der Waals surface area contributed by atoms with Gasteiger partial charge < -0.3 is 0 Å². The van der Waals surface area contributed by atoms with Gasteiger partial charge in [-0.05, 0) is 24.1 Å². The zero-order valence-corrected chi connectivity index (χ0v) is 9.78. The third-order valence-electron chi connectivity index (χ3n) is 1.93. The Balaban J connectivity index is 2.77. The van der Waals surface area contributed by atoms with Crippen molar-refractivity contribution in [3.63, 3.8) is 0 Å². The lowest BCUT2D eigenvalue weighted by Crippen LogP contribution is -2.05. The summed E-state index contributed by atoms with van der Waals surface area (Å²) in [6.07, 6.45) is -0.173. The first kappa shape index (κ1) is 14.3. The highest BCUT2D eigenvalue weighted by molar-refractivity contribution is 6.31. The van der Waals surface area contributed by atoms with Crippen LogP contribution in [-0.4, -0.2) is 11.5 Å². The van der Waals surface area contributed by atoms with E-state index in [1.165, 1.54) is 6.08 Å². The van der Waals surface area contributed by atoms with E-state index in [9.17, 15) is 13.2 Å². The second-order valence-electron chi connectivity index (χ2n) is 3.23. The molecule has 0 N–H and O–H groups in total. The van der Waals surface area contributed by atoms with E-state index in [-0.39, 0.29) is 17.3 Å². The van der Waals surface area contributed by atoms with Crippen LogP contribution in [0.2, 0.25) is 5.02 Å². The van der Waals surface area contributed by atoms with Crippen LogP contribution in [0, 0.1) is 0 Å². The minimum Gasteiger partial charge on any atom is -0.255 e. The van der Waals surface area contributed by atoms with Gasteiger partial charge in [0.15, 0.2) is 0 Å². The predicted molar refractivity (Wildman–Crippen MR) is 61.9 cm³/mol. The van der Waals surface area contributed by atoms with Gasteiger partial charge in [-0.25, -0.2) is 0 Å². The van der Waals surface area contributed by atoms with Crippen LogP contribution in [-0.2, 0) is 6.18 Å². The summed E-state index contributed by atoms with van der Waals surface area (Å²) in [5.41, 5.74) is 7.38. The minimum atomic E-state index is -4.46. The molecule has 0 atom stereocenters. The summed E-state index contributed by atoms with van der Waals surface area (Å²) in [5.74, 6) is 0. The van der Waals surface area contributed by atoms with Crippen LogP contribution in [0.1, 0.15) is 17.7 Å². The Bertz CT molecular complexity index is 492. The summed E-state index contributed by atoms with van der Waals surface area (Å²) in [6.45, 7) is 0.269. The second-order valence-corrected chi connectivity index (χ2v) is 3.64. The van der Waals surface area contributed by atoms with Crippen molar-refractivity contribution in [3.8, 4) is 0 Å². The van der Waals surface area contributed by atoms with Gasteiger partial charge in [0.05, 0.1) is 16.3 Å². The van der Waals surface area contributed by atoms with E-state index in [0.717, 1.165) is 12.3 Å². The van der Waals surface area contributed by atoms with Crippen LogP contribution < -0.4 is 0 Å². The molecule has 4 nitrogen and oxygen atoms in total. The van der Waals surface area contributed by atoms with E-state index in [4.69, 9.17) is 17.1 Å². The van der Waals surface area contributed by atoms with Crippen molar-refractivity contribution in [1.82, 2.24) is 4.98 Å². The number of azide groups is 1. The maximum absolute atomic E-state index is 12.3. The molecule has 0 aromatic carbocycles. The van der Waals surface area contributed by atoms with E-state index < -0.39 is 11.7 Å². The highest BCUT2D eigenvalue weighted by Crippen LogP contribution is 2.31. The third-order valence-corrected chi connectivity index (χ3v) is 2.23. The summed E-state index contributed by atoms with van der Waals surface area (Å²) in [4.78, 5) is 6.18. The molecule has 96 valence electrons. The summed E-state index contributed by atoms with van der Waals surface area (Å²) in [6, 6.07) is 0.821. The molecule has 0 unspecified atom stereocenters. The predicted octanol–water partition coefficient (Wildman–Crippen LogP) is 4.47. The number of pyridine rings is 1. The maximum Gasteiger partial charge on any atom is 0.417 e. The molecule has 0 radical (unpaired) electrons. The number of rotatable bonds is 4. The van der Waals surface area contributed by atoms with E-state index in [2.05, 4.69) is 15.0 Å². The van der Waals surface area contributed by atoms with Crippen molar-refractivity contribution in [3.05, 3.63) is 45.1 Å². The Kier molecular flexibility index (Phi) is 5.00. The Morgan fingerprint density at radius 3 is 2.78 bits per heavy atom. The topological polar surface area (TPSA) is 61.7 Å². The molecule has 0 spiro atoms. The first-order valence-electron chi connectivity index (χ1n) is 4.85. The lowest BCUT2D eigenvalue weighted by atomic mass is 10.2. The van der Waals surface area contributed by atoms with E-state index in [1.807, 2.05) is 0 Å². The number of hydrogen-bond acceptors (Lipinski definition) is 2. The average molecular weight is 277 g/mol. The van der Waals surface area contributed by atoms with Crippen molar-refractivity contribution in [2.75, 3.05) is 6.54 Å². The van der Waals surface area contributed by atoms with Gasteiger partial charge in [-0.2, -0.15) is 13.2 Å². The molecule has 0 saturated carbocycles. The van der Waals surface area contributed by atoms with Crippen molar-refractivity contribution < 1.29 is 13.2 Å². The monoisotopic (exact) mass is 276 g/mol. The quantitative estimate of drug-likeness (QED) is 0.346. The smallest absolute Gasteiger partial charge is 0.255 e. The second kappa shape index (κ2) is 6.28. The van der Waals surface area contributed by atoms with Gasteiger partial charge in [-0.3, -0.25) is 4.98 Å². The molecular weight excluding hydrogens is 269 g/mol. The molecule has 0 saturated heterocycles. The fourth-order valence-electron chi connectivity index (χ4n) is 1.10. The third kappa shape index (κ3) is 4.27. The van der Waals surface area contributed by atoms with Crippen molar-refractivity contribution >= 4 is 17.7 Å². The van der Waals surface area contributed by atoms with E-state index in [1.54, 1.807) is 6.08 Å². The first-order chi connectivity index (χ1) is 8.45. The number of nitrogens with zero attached hydrogens (tertiary/aromatic N) is 4. The van der Waals surface area contributed by atoms with E-state index >= 15 is 0 Å². The molecular formula is C10H8ClF3N4. The lowest BCUT2D eigenvalue weighted by molar-refractivity contribution is -0.137. The lowest BCUT2D eigenvalue weighted by Gasteiger charge is -2.07. The molecule has 1 aromatic rings. The molecule has 0 fully saturated rings. The Morgan fingerprint density at radius 2 is 2.22 bits per heavy atom. The molecule has 0 amide bonds. The molecule has 1 aromatic heterocycles. The summed E-state index contributed by atoms with van der Waals surface area (Å²) < 4.78 is 37.0. The van der Waals surface area contributed by atoms with Gasteiger partial charge in [-0.15, -0.1) is 0 Å².